The summed E-state index contributed by atoms with van der Waals surface area (Å²) < 4.78 is 0. The van der Waals surface area contributed by atoms with E-state index >= 15 is 0 Å². The molecule has 0 unspecified atom stereocenters. The van der Waals surface area contributed by atoms with Crippen molar-refractivity contribution in [2.45, 2.75) is 19.4 Å². The van der Waals surface area contributed by atoms with Crippen LogP contribution in [0.2, 0.25) is 5.02 Å². The van der Waals surface area contributed by atoms with Crippen LogP contribution in [0, 0.1) is 0 Å². The lowest BCUT2D eigenvalue weighted by molar-refractivity contribution is 0.0982. The second kappa shape index (κ2) is 4.10. The molecule has 0 saturated heterocycles. The molecule has 0 atom stereocenters. The Morgan fingerprint density at radius 1 is 1.00 bits per heavy atom. The molecule has 0 fully saturated rings. The van der Waals surface area contributed by atoms with Gasteiger partial charge in [0.15, 0.2) is 0 Å². The normalized spacial score (nSPS) is 16.6. The number of halogens is 1. The Morgan fingerprint density at radius 2 is 1.63 bits per heavy atom. The van der Waals surface area contributed by atoms with Gasteiger partial charge in [-0.2, -0.15) is 0 Å². The zero-order chi connectivity index (χ0) is 13.6. The predicted octanol–water partition coefficient (Wildman–Crippen LogP) is 4.24. The lowest BCUT2D eigenvalue weighted by Crippen LogP contribution is -2.39. The molecule has 1 aliphatic heterocycles. The number of benzene rings is 2. The summed E-state index contributed by atoms with van der Waals surface area (Å²) in [6.45, 7) is 4.12. The Morgan fingerprint density at radius 3 is 2.26 bits per heavy atom. The molecule has 2 aromatic rings. The Balaban J connectivity index is 2.15. The predicted molar refractivity (Wildman–Crippen MR) is 77.7 cm³/mol. The molecule has 2 aromatic carbocycles. The molecule has 1 heterocycles. The Labute approximate surface area is 117 Å². The van der Waals surface area contributed by atoms with Crippen molar-refractivity contribution in [3.05, 3.63) is 64.7 Å². The molecule has 0 aromatic heterocycles. The fourth-order valence-corrected chi connectivity index (χ4v) is 2.85. The first-order valence-electron chi connectivity index (χ1n) is 6.21. The molecular formula is C16H14ClNO. The van der Waals surface area contributed by atoms with Gasteiger partial charge in [0, 0.05) is 16.3 Å². The molecule has 0 saturated carbocycles. The van der Waals surface area contributed by atoms with Gasteiger partial charge in [-0.15, -0.1) is 0 Å². The van der Waals surface area contributed by atoms with Gasteiger partial charge in [0.2, 0.25) is 0 Å². The molecule has 0 bridgehead atoms. The summed E-state index contributed by atoms with van der Waals surface area (Å²) in [5.74, 6) is 0.0444. The van der Waals surface area contributed by atoms with Crippen LogP contribution in [-0.2, 0) is 5.54 Å². The van der Waals surface area contributed by atoms with Gasteiger partial charge in [-0.1, -0.05) is 29.8 Å². The Kier molecular flexibility index (Phi) is 2.64. The van der Waals surface area contributed by atoms with Gasteiger partial charge in [-0.25, -0.2) is 0 Å². The standard InChI is InChI=1S/C16H14ClNO/c1-16(2)14-6-4-3-5-13(14)15(19)18(16)12-9-7-11(17)8-10-12/h3-10H,1-2H3. The number of fused-ring (bicyclic) bond motifs is 1. The summed E-state index contributed by atoms with van der Waals surface area (Å²) >= 11 is 5.91. The van der Waals surface area contributed by atoms with Gasteiger partial charge in [0.25, 0.3) is 5.91 Å². The van der Waals surface area contributed by atoms with Crippen molar-refractivity contribution >= 4 is 23.2 Å². The number of rotatable bonds is 1. The zero-order valence-corrected chi connectivity index (χ0v) is 11.6. The molecule has 3 heteroatoms. The van der Waals surface area contributed by atoms with Crippen LogP contribution in [0.3, 0.4) is 0 Å². The van der Waals surface area contributed by atoms with E-state index in [2.05, 4.69) is 13.8 Å². The van der Waals surface area contributed by atoms with Crippen LogP contribution in [-0.4, -0.2) is 5.91 Å². The van der Waals surface area contributed by atoms with E-state index in [4.69, 9.17) is 11.6 Å². The highest BCUT2D eigenvalue weighted by Gasteiger charge is 2.43. The van der Waals surface area contributed by atoms with Gasteiger partial charge >= 0.3 is 0 Å². The molecule has 1 aliphatic rings. The highest BCUT2D eigenvalue weighted by Crippen LogP contribution is 2.41. The molecule has 0 spiro atoms. The van der Waals surface area contributed by atoms with Crippen molar-refractivity contribution in [1.82, 2.24) is 0 Å². The van der Waals surface area contributed by atoms with Crippen molar-refractivity contribution in [3.8, 4) is 0 Å². The van der Waals surface area contributed by atoms with E-state index in [-0.39, 0.29) is 11.4 Å². The maximum atomic E-state index is 12.6. The Bertz CT molecular complexity index is 646. The average Bonchev–Trinajstić information content (AvgIpc) is 2.60. The molecule has 2 nitrogen and oxygen atoms in total. The van der Waals surface area contributed by atoms with Crippen LogP contribution in [0.1, 0.15) is 29.8 Å². The minimum atomic E-state index is -0.346. The minimum Gasteiger partial charge on any atom is -0.299 e. The first-order chi connectivity index (χ1) is 9.01. The van der Waals surface area contributed by atoms with Crippen LogP contribution in [0.4, 0.5) is 5.69 Å². The van der Waals surface area contributed by atoms with E-state index in [1.807, 2.05) is 53.4 Å². The lowest BCUT2D eigenvalue weighted by atomic mass is 9.93. The third-order valence-electron chi connectivity index (χ3n) is 3.66. The second-order valence-corrected chi connectivity index (χ2v) is 5.66. The van der Waals surface area contributed by atoms with Crippen molar-refractivity contribution in [2.24, 2.45) is 0 Å². The van der Waals surface area contributed by atoms with Crippen LogP contribution < -0.4 is 4.90 Å². The van der Waals surface area contributed by atoms with Gasteiger partial charge in [0.05, 0.1) is 5.54 Å². The maximum absolute atomic E-state index is 12.6. The van der Waals surface area contributed by atoms with Gasteiger partial charge in [-0.05, 0) is 49.7 Å². The van der Waals surface area contributed by atoms with Crippen LogP contribution in [0.25, 0.3) is 0 Å². The average molecular weight is 272 g/mol. The quantitative estimate of drug-likeness (QED) is 0.760. The smallest absolute Gasteiger partial charge is 0.259 e. The van der Waals surface area contributed by atoms with E-state index in [1.54, 1.807) is 0 Å². The summed E-state index contributed by atoms with van der Waals surface area (Å²) in [6.07, 6.45) is 0. The maximum Gasteiger partial charge on any atom is 0.259 e. The number of anilines is 1. The number of hydrogen-bond acceptors (Lipinski definition) is 1. The largest absolute Gasteiger partial charge is 0.299 e. The monoisotopic (exact) mass is 271 g/mol. The van der Waals surface area contributed by atoms with Crippen molar-refractivity contribution < 1.29 is 4.79 Å². The van der Waals surface area contributed by atoms with E-state index in [0.717, 1.165) is 16.8 Å². The number of carbonyl (C=O) groups is 1. The van der Waals surface area contributed by atoms with Gasteiger partial charge in [-0.3, -0.25) is 9.69 Å². The Hall–Kier alpha value is -1.80. The molecule has 3 rings (SSSR count). The number of amides is 1. The second-order valence-electron chi connectivity index (χ2n) is 5.22. The zero-order valence-electron chi connectivity index (χ0n) is 10.9. The minimum absolute atomic E-state index is 0.0444. The fraction of sp³-hybridized carbons (Fsp3) is 0.188. The topological polar surface area (TPSA) is 20.3 Å². The molecule has 0 N–H and O–H groups in total. The molecule has 1 amide bonds. The summed E-state index contributed by atoms with van der Waals surface area (Å²) in [4.78, 5) is 14.4. The van der Waals surface area contributed by atoms with Gasteiger partial charge in [0.1, 0.15) is 0 Å². The van der Waals surface area contributed by atoms with E-state index in [0.29, 0.717) is 5.02 Å². The van der Waals surface area contributed by atoms with Crippen molar-refractivity contribution in [2.75, 3.05) is 4.90 Å². The van der Waals surface area contributed by atoms with Crippen LogP contribution >= 0.6 is 11.6 Å². The van der Waals surface area contributed by atoms with E-state index < -0.39 is 0 Å². The summed E-state index contributed by atoms with van der Waals surface area (Å²) in [5, 5.41) is 0.672. The molecule has 96 valence electrons. The third kappa shape index (κ3) is 1.75. The molecule has 0 aliphatic carbocycles. The summed E-state index contributed by atoms with van der Waals surface area (Å²) in [6, 6.07) is 15.2. The highest BCUT2D eigenvalue weighted by molar-refractivity contribution is 6.30. The third-order valence-corrected chi connectivity index (χ3v) is 3.92. The van der Waals surface area contributed by atoms with Gasteiger partial charge < -0.3 is 0 Å². The van der Waals surface area contributed by atoms with Crippen molar-refractivity contribution in [3.63, 3.8) is 0 Å². The highest BCUT2D eigenvalue weighted by atomic mass is 35.5. The van der Waals surface area contributed by atoms with Crippen LogP contribution in [0.5, 0.6) is 0 Å². The number of hydrogen-bond donors (Lipinski definition) is 0. The lowest BCUT2D eigenvalue weighted by Gasteiger charge is -2.32. The molecule has 0 radical (unpaired) electrons. The van der Waals surface area contributed by atoms with Crippen molar-refractivity contribution in [1.29, 1.82) is 0 Å². The summed E-state index contributed by atoms with van der Waals surface area (Å²) in [7, 11) is 0. The number of carbonyl (C=O) groups excluding carboxylic acids is 1. The van der Waals surface area contributed by atoms with E-state index in [1.165, 1.54) is 0 Å². The van der Waals surface area contributed by atoms with E-state index in [9.17, 15) is 4.79 Å². The molecular weight excluding hydrogens is 258 g/mol. The first kappa shape index (κ1) is 12.2. The summed E-state index contributed by atoms with van der Waals surface area (Å²) in [5.41, 5.74) is 2.37. The number of nitrogens with zero attached hydrogens (tertiary/aromatic N) is 1. The van der Waals surface area contributed by atoms with Crippen LogP contribution in [0.15, 0.2) is 48.5 Å². The fourth-order valence-electron chi connectivity index (χ4n) is 2.73. The molecule has 19 heavy (non-hydrogen) atoms. The first-order valence-corrected chi connectivity index (χ1v) is 6.59. The SMILES string of the molecule is CC1(C)c2ccccc2C(=O)N1c1ccc(Cl)cc1.